The first-order valence-electron chi connectivity index (χ1n) is 7.85. The molecule has 5 nitrogen and oxygen atoms in total. The van der Waals surface area contributed by atoms with Gasteiger partial charge in [-0.3, -0.25) is 4.79 Å². The molecule has 1 aliphatic heterocycles. The van der Waals surface area contributed by atoms with E-state index in [1.807, 2.05) is 30.3 Å². The van der Waals surface area contributed by atoms with E-state index in [-0.39, 0.29) is 12.0 Å². The summed E-state index contributed by atoms with van der Waals surface area (Å²) in [6.07, 6.45) is 4.13. The van der Waals surface area contributed by atoms with Gasteiger partial charge in [0.1, 0.15) is 0 Å². The number of rotatable bonds is 7. The molecule has 2 aromatic rings. The van der Waals surface area contributed by atoms with E-state index in [2.05, 4.69) is 21.4 Å². The third-order valence-electron chi connectivity index (χ3n) is 3.81. The van der Waals surface area contributed by atoms with Crippen LogP contribution in [0.1, 0.15) is 12.8 Å². The summed E-state index contributed by atoms with van der Waals surface area (Å²) in [6, 6.07) is 7.98. The number of carbonyl (C=O) groups is 1. The molecule has 122 valence electrons. The van der Waals surface area contributed by atoms with E-state index in [4.69, 9.17) is 4.74 Å². The highest BCUT2D eigenvalue weighted by molar-refractivity contribution is 7.99. The minimum Gasteiger partial charge on any atom is -0.376 e. The summed E-state index contributed by atoms with van der Waals surface area (Å²) in [4.78, 5) is 16.6. The van der Waals surface area contributed by atoms with Gasteiger partial charge in [-0.15, -0.1) is 6.58 Å². The Labute approximate surface area is 140 Å². The van der Waals surface area contributed by atoms with Gasteiger partial charge in [-0.1, -0.05) is 30.0 Å². The molecule has 1 saturated heterocycles. The molecule has 6 heteroatoms. The fraction of sp³-hybridized carbons (Fsp3) is 0.412. The molecule has 0 saturated carbocycles. The third-order valence-corrected chi connectivity index (χ3v) is 4.79. The van der Waals surface area contributed by atoms with E-state index in [0.717, 1.165) is 35.6 Å². The van der Waals surface area contributed by atoms with Crippen molar-refractivity contribution in [2.75, 3.05) is 18.9 Å². The molecular weight excluding hydrogens is 310 g/mol. The molecule has 23 heavy (non-hydrogen) atoms. The summed E-state index contributed by atoms with van der Waals surface area (Å²) in [5, 5.41) is 3.78. The van der Waals surface area contributed by atoms with Gasteiger partial charge in [-0.2, -0.15) is 0 Å². The molecule has 1 aromatic carbocycles. The highest BCUT2D eigenvalue weighted by Gasteiger charge is 2.17. The number of aromatic nitrogens is 2. The molecule has 1 N–H and O–H groups in total. The van der Waals surface area contributed by atoms with Gasteiger partial charge >= 0.3 is 0 Å². The van der Waals surface area contributed by atoms with Crippen molar-refractivity contribution in [2.24, 2.45) is 0 Å². The zero-order valence-electron chi connectivity index (χ0n) is 13.0. The van der Waals surface area contributed by atoms with Crippen LogP contribution in [0.3, 0.4) is 0 Å². The molecule has 1 aromatic heterocycles. The van der Waals surface area contributed by atoms with Crippen LogP contribution in [0.5, 0.6) is 0 Å². The number of nitrogens with zero attached hydrogens (tertiary/aromatic N) is 2. The average molecular weight is 331 g/mol. The smallest absolute Gasteiger partial charge is 0.230 e. The van der Waals surface area contributed by atoms with Crippen molar-refractivity contribution in [1.29, 1.82) is 0 Å². The second-order valence-electron chi connectivity index (χ2n) is 5.51. The molecule has 1 atom stereocenters. The molecule has 1 aliphatic rings. The summed E-state index contributed by atoms with van der Waals surface area (Å²) in [7, 11) is 0. The third kappa shape index (κ3) is 3.95. The fourth-order valence-corrected chi connectivity index (χ4v) is 3.54. The Morgan fingerprint density at radius 2 is 2.39 bits per heavy atom. The standard InChI is InChI=1S/C17H21N3O2S/c1-2-9-20-15-8-4-3-7-14(15)19-17(20)23-12-16(21)18-11-13-6-5-10-22-13/h2-4,7-8,13H,1,5-6,9-12H2,(H,18,21). The number of fused-ring (bicyclic) bond motifs is 1. The number of benzene rings is 1. The zero-order valence-corrected chi connectivity index (χ0v) is 13.8. The summed E-state index contributed by atoms with van der Waals surface area (Å²) >= 11 is 1.45. The van der Waals surface area contributed by atoms with Crippen LogP contribution >= 0.6 is 11.8 Å². The van der Waals surface area contributed by atoms with Crippen LogP contribution in [0.25, 0.3) is 11.0 Å². The van der Waals surface area contributed by atoms with Gasteiger partial charge in [0.15, 0.2) is 5.16 Å². The minimum atomic E-state index is 0.0164. The Morgan fingerprint density at radius 1 is 1.52 bits per heavy atom. The van der Waals surface area contributed by atoms with E-state index >= 15 is 0 Å². The summed E-state index contributed by atoms with van der Waals surface area (Å²) in [6.45, 7) is 5.89. The maximum Gasteiger partial charge on any atom is 0.230 e. The van der Waals surface area contributed by atoms with Crippen molar-refractivity contribution >= 4 is 28.7 Å². The van der Waals surface area contributed by atoms with E-state index in [0.29, 0.717) is 18.8 Å². The Bertz CT molecular complexity index is 692. The average Bonchev–Trinajstić information content (AvgIpc) is 3.20. The first-order chi connectivity index (χ1) is 11.3. The van der Waals surface area contributed by atoms with Gasteiger partial charge < -0.3 is 14.6 Å². The van der Waals surface area contributed by atoms with Crippen LogP contribution in [0, 0.1) is 0 Å². The van der Waals surface area contributed by atoms with Crippen molar-refractivity contribution in [3.8, 4) is 0 Å². The number of hydrogen-bond donors (Lipinski definition) is 1. The lowest BCUT2D eigenvalue weighted by atomic mass is 10.2. The van der Waals surface area contributed by atoms with E-state index in [1.165, 1.54) is 11.8 Å². The topological polar surface area (TPSA) is 56.2 Å². The summed E-state index contributed by atoms with van der Waals surface area (Å²) in [5.41, 5.74) is 2.01. The molecule has 0 spiro atoms. The molecule has 1 amide bonds. The normalized spacial score (nSPS) is 17.5. The number of carbonyl (C=O) groups excluding carboxylic acids is 1. The van der Waals surface area contributed by atoms with E-state index in [9.17, 15) is 4.79 Å². The quantitative estimate of drug-likeness (QED) is 0.626. The van der Waals surface area contributed by atoms with Crippen molar-refractivity contribution in [3.05, 3.63) is 36.9 Å². The predicted molar refractivity (Wildman–Crippen MR) is 92.6 cm³/mol. The number of imidazole rings is 1. The van der Waals surface area contributed by atoms with Gasteiger partial charge in [-0.25, -0.2) is 4.98 Å². The lowest BCUT2D eigenvalue weighted by Gasteiger charge is -2.10. The number of ether oxygens (including phenoxy) is 1. The Hall–Kier alpha value is -1.79. The minimum absolute atomic E-state index is 0.0164. The van der Waals surface area contributed by atoms with Crippen LogP contribution in [-0.2, 0) is 16.1 Å². The van der Waals surface area contributed by atoms with Crippen LogP contribution in [0.4, 0.5) is 0 Å². The summed E-state index contributed by atoms with van der Waals surface area (Å²) < 4.78 is 7.59. The molecule has 0 radical (unpaired) electrons. The molecule has 1 fully saturated rings. The number of hydrogen-bond acceptors (Lipinski definition) is 4. The zero-order chi connectivity index (χ0) is 16.1. The van der Waals surface area contributed by atoms with E-state index in [1.54, 1.807) is 0 Å². The first-order valence-corrected chi connectivity index (χ1v) is 8.84. The molecule has 0 aliphatic carbocycles. The predicted octanol–water partition coefficient (Wildman–Crippen LogP) is 2.61. The van der Waals surface area contributed by atoms with Gasteiger partial charge in [0, 0.05) is 19.7 Å². The Kier molecular flexibility index (Phi) is 5.35. The fourth-order valence-electron chi connectivity index (χ4n) is 2.68. The highest BCUT2D eigenvalue weighted by Crippen LogP contribution is 2.24. The van der Waals surface area contributed by atoms with Gasteiger partial charge in [0.05, 0.1) is 22.9 Å². The van der Waals surface area contributed by atoms with Crippen molar-refractivity contribution in [3.63, 3.8) is 0 Å². The molecule has 2 heterocycles. The second-order valence-corrected chi connectivity index (χ2v) is 6.45. The molecule has 3 rings (SSSR count). The second kappa shape index (κ2) is 7.66. The Morgan fingerprint density at radius 3 is 3.17 bits per heavy atom. The van der Waals surface area contributed by atoms with Gasteiger partial charge in [-0.05, 0) is 25.0 Å². The number of nitrogens with one attached hydrogen (secondary N) is 1. The number of para-hydroxylation sites is 2. The van der Waals surface area contributed by atoms with Crippen LogP contribution in [0.2, 0.25) is 0 Å². The van der Waals surface area contributed by atoms with Crippen LogP contribution in [-0.4, -0.2) is 40.5 Å². The van der Waals surface area contributed by atoms with Gasteiger partial charge in [0.2, 0.25) is 5.91 Å². The number of amides is 1. The summed E-state index contributed by atoms with van der Waals surface area (Å²) in [5.74, 6) is 0.371. The molecular formula is C17H21N3O2S. The molecule has 1 unspecified atom stereocenters. The highest BCUT2D eigenvalue weighted by atomic mass is 32.2. The molecule has 0 bridgehead atoms. The van der Waals surface area contributed by atoms with E-state index < -0.39 is 0 Å². The van der Waals surface area contributed by atoms with Crippen molar-refractivity contribution in [1.82, 2.24) is 14.9 Å². The van der Waals surface area contributed by atoms with Gasteiger partial charge in [0.25, 0.3) is 0 Å². The first kappa shape index (κ1) is 16.1. The van der Waals surface area contributed by atoms with Crippen molar-refractivity contribution in [2.45, 2.75) is 30.6 Å². The monoisotopic (exact) mass is 331 g/mol. The number of thioether (sulfide) groups is 1. The van der Waals surface area contributed by atoms with Crippen LogP contribution < -0.4 is 5.32 Å². The maximum atomic E-state index is 12.0. The lowest BCUT2D eigenvalue weighted by Crippen LogP contribution is -2.32. The maximum absolute atomic E-state index is 12.0. The number of allylic oxidation sites excluding steroid dienone is 1. The largest absolute Gasteiger partial charge is 0.376 e. The lowest BCUT2D eigenvalue weighted by molar-refractivity contribution is -0.119. The van der Waals surface area contributed by atoms with Crippen LogP contribution in [0.15, 0.2) is 42.1 Å². The van der Waals surface area contributed by atoms with Crippen molar-refractivity contribution < 1.29 is 9.53 Å². The Balaban J connectivity index is 1.60. The SMILES string of the molecule is C=CCn1c(SCC(=O)NCC2CCCO2)nc2ccccc21.